The minimum absolute atomic E-state index is 0.157. The largest absolute Gasteiger partial charge is 0.382 e. The molecule has 0 saturated carbocycles. The van der Waals surface area contributed by atoms with Gasteiger partial charge in [0.15, 0.2) is 0 Å². The van der Waals surface area contributed by atoms with Crippen molar-refractivity contribution in [2.24, 2.45) is 0 Å². The number of halogens is 1. The van der Waals surface area contributed by atoms with Gasteiger partial charge in [0.05, 0.1) is 0 Å². The van der Waals surface area contributed by atoms with E-state index in [4.69, 9.17) is 0 Å². The van der Waals surface area contributed by atoms with Crippen molar-refractivity contribution in [1.29, 1.82) is 0 Å². The highest BCUT2D eigenvalue weighted by atomic mass is 19.1. The zero-order valence-corrected chi connectivity index (χ0v) is 9.39. The highest BCUT2D eigenvalue weighted by Crippen LogP contribution is 2.19. The lowest BCUT2D eigenvalue weighted by Crippen LogP contribution is -2.15. The summed E-state index contributed by atoms with van der Waals surface area (Å²) in [7, 11) is 0. The van der Waals surface area contributed by atoms with Crippen molar-refractivity contribution < 1.29 is 4.39 Å². The number of hydrogen-bond donors (Lipinski definition) is 1. The smallest absolute Gasteiger partial charge is 0.128 e. The maximum atomic E-state index is 13.2. The van der Waals surface area contributed by atoms with Crippen LogP contribution in [0.2, 0.25) is 0 Å². The Hall–Kier alpha value is -1.31. The van der Waals surface area contributed by atoms with Crippen LogP contribution < -0.4 is 5.32 Å². The molecule has 1 rings (SSSR count). The van der Waals surface area contributed by atoms with Gasteiger partial charge in [-0.1, -0.05) is 12.1 Å². The molecule has 1 N–H and O–H groups in total. The molecule has 1 aromatic carbocycles. The van der Waals surface area contributed by atoms with Crippen molar-refractivity contribution >= 4 is 5.69 Å². The topological polar surface area (TPSA) is 12.0 Å². The van der Waals surface area contributed by atoms with Crippen molar-refractivity contribution in [2.75, 3.05) is 5.32 Å². The molecule has 1 nitrogen and oxygen atoms in total. The lowest BCUT2D eigenvalue weighted by atomic mass is 10.1. The van der Waals surface area contributed by atoms with Crippen LogP contribution in [0.1, 0.15) is 25.3 Å². The summed E-state index contributed by atoms with van der Waals surface area (Å²) in [6.07, 6.45) is 3.89. The fourth-order valence-corrected chi connectivity index (χ4v) is 1.47. The van der Waals surface area contributed by atoms with Crippen molar-refractivity contribution in [3.8, 4) is 0 Å². The van der Waals surface area contributed by atoms with Crippen LogP contribution in [0.4, 0.5) is 10.1 Å². The molecule has 0 amide bonds. The molecule has 0 saturated heterocycles. The average molecular weight is 207 g/mol. The first-order chi connectivity index (χ1) is 7.15. The Morgan fingerprint density at radius 1 is 1.53 bits per heavy atom. The number of rotatable bonds is 5. The van der Waals surface area contributed by atoms with E-state index in [0.717, 1.165) is 18.5 Å². The summed E-state index contributed by atoms with van der Waals surface area (Å²) < 4.78 is 13.2. The van der Waals surface area contributed by atoms with Gasteiger partial charge in [-0.15, -0.1) is 6.58 Å². The van der Waals surface area contributed by atoms with E-state index in [1.165, 1.54) is 6.07 Å². The molecule has 1 aromatic rings. The molecular formula is C13H18FN. The van der Waals surface area contributed by atoms with Crippen LogP contribution in [0.3, 0.4) is 0 Å². The third-order valence-corrected chi connectivity index (χ3v) is 2.47. The monoisotopic (exact) mass is 207 g/mol. The van der Waals surface area contributed by atoms with Gasteiger partial charge in [-0.2, -0.15) is 0 Å². The molecule has 0 bridgehead atoms. The Balaban J connectivity index is 2.63. The molecule has 1 atom stereocenters. The zero-order valence-electron chi connectivity index (χ0n) is 9.39. The van der Waals surface area contributed by atoms with Gasteiger partial charge in [-0.25, -0.2) is 4.39 Å². The van der Waals surface area contributed by atoms with Gasteiger partial charge in [-0.05, 0) is 38.8 Å². The number of nitrogens with one attached hydrogen (secondary N) is 1. The predicted molar refractivity (Wildman–Crippen MR) is 63.7 cm³/mol. The summed E-state index contributed by atoms with van der Waals surface area (Å²) >= 11 is 0. The molecule has 0 fully saturated rings. The molecule has 0 spiro atoms. The first-order valence-corrected chi connectivity index (χ1v) is 5.27. The van der Waals surface area contributed by atoms with E-state index in [1.807, 2.05) is 12.1 Å². The van der Waals surface area contributed by atoms with E-state index in [-0.39, 0.29) is 5.82 Å². The highest BCUT2D eigenvalue weighted by Gasteiger charge is 2.05. The first-order valence-electron chi connectivity index (χ1n) is 5.27. The summed E-state index contributed by atoms with van der Waals surface area (Å²) in [5.41, 5.74) is 1.56. The Kier molecular flexibility index (Phi) is 4.35. The molecule has 2 heteroatoms. The minimum Gasteiger partial charge on any atom is -0.382 e. The molecule has 82 valence electrons. The minimum atomic E-state index is -0.157. The van der Waals surface area contributed by atoms with Gasteiger partial charge in [0.2, 0.25) is 0 Å². The van der Waals surface area contributed by atoms with Gasteiger partial charge in [0.25, 0.3) is 0 Å². The molecular weight excluding hydrogens is 189 g/mol. The van der Waals surface area contributed by atoms with Crippen LogP contribution in [0.25, 0.3) is 0 Å². The molecule has 0 aliphatic carbocycles. The third-order valence-electron chi connectivity index (χ3n) is 2.47. The second-order valence-electron chi connectivity index (χ2n) is 3.82. The number of benzene rings is 1. The average Bonchev–Trinajstić information content (AvgIpc) is 2.22. The highest BCUT2D eigenvalue weighted by molar-refractivity contribution is 5.51. The standard InChI is InChI=1S/C13H18FN/c1-4-5-7-10(2)15-13-9-6-8-12(14)11(13)3/h4,6,8-10,15H,1,5,7H2,2-3H3. The van der Waals surface area contributed by atoms with Crippen LogP contribution in [0.15, 0.2) is 30.9 Å². The first kappa shape index (κ1) is 11.8. The van der Waals surface area contributed by atoms with Crippen LogP contribution in [-0.4, -0.2) is 6.04 Å². The molecule has 0 aliphatic rings. The Labute approximate surface area is 91.0 Å². The quantitative estimate of drug-likeness (QED) is 0.722. The van der Waals surface area contributed by atoms with Gasteiger partial charge in [0, 0.05) is 17.3 Å². The van der Waals surface area contributed by atoms with Crippen LogP contribution in [0, 0.1) is 12.7 Å². The van der Waals surface area contributed by atoms with Crippen LogP contribution in [0.5, 0.6) is 0 Å². The van der Waals surface area contributed by atoms with E-state index < -0.39 is 0 Å². The van der Waals surface area contributed by atoms with E-state index in [0.29, 0.717) is 11.6 Å². The van der Waals surface area contributed by atoms with Gasteiger partial charge < -0.3 is 5.32 Å². The van der Waals surface area contributed by atoms with Gasteiger partial charge in [-0.3, -0.25) is 0 Å². The van der Waals surface area contributed by atoms with E-state index in [1.54, 1.807) is 13.0 Å². The van der Waals surface area contributed by atoms with E-state index in [9.17, 15) is 4.39 Å². The summed E-state index contributed by atoms with van der Waals surface area (Å²) in [5, 5.41) is 3.30. The fraction of sp³-hybridized carbons (Fsp3) is 0.385. The van der Waals surface area contributed by atoms with Gasteiger partial charge >= 0.3 is 0 Å². The molecule has 0 aliphatic heterocycles. The van der Waals surface area contributed by atoms with Crippen molar-refractivity contribution in [3.05, 3.63) is 42.2 Å². The Bertz CT molecular complexity index is 333. The Morgan fingerprint density at radius 3 is 2.93 bits per heavy atom. The second kappa shape index (κ2) is 5.54. The van der Waals surface area contributed by atoms with Crippen molar-refractivity contribution in [1.82, 2.24) is 0 Å². The number of allylic oxidation sites excluding steroid dienone is 1. The maximum absolute atomic E-state index is 13.2. The third kappa shape index (κ3) is 3.39. The molecule has 0 heterocycles. The van der Waals surface area contributed by atoms with Crippen LogP contribution in [-0.2, 0) is 0 Å². The second-order valence-corrected chi connectivity index (χ2v) is 3.82. The summed E-state index contributed by atoms with van der Waals surface area (Å²) in [6.45, 7) is 7.56. The fourth-order valence-electron chi connectivity index (χ4n) is 1.47. The summed E-state index contributed by atoms with van der Waals surface area (Å²) in [4.78, 5) is 0. The molecule has 15 heavy (non-hydrogen) atoms. The predicted octanol–water partition coefficient (Wildman–Crippen LogP) is 3.90. The zero-order chi connectivity index (χ0) is 11.3. The van der Waals surface area contributed by atoms with Crippen LogP contribution >= 0.6 is 0 Å². The lowest BCUT2D eigenvalue weighted by Gasteiger charge is -2.16. The SMILES string of the molecule is C=CCCC(C)Nc1cccc(F)c1C. The Morgan fingerprint density at radius 2 is 2.27 bits per heavy atom. The summed E-state index contributed by atoms with van der Waals surface area (Å²) in [6, 6.07) is 5.45. The maximum Gasteiger partial charge on any atom is 0.128 e. The van der Waals surface area contributed by atoms with E-state index >= 15 is 0 Å². The van der Waals surface area contributed by atoms with Gasteiger partial charge in [0.1, 0.15) is 5.82 Å². The normalized spacial score (nSPS) is 12.2. The lowest BCUT2D eigenvalue weighted by molar-refractivity contribution is 0.618. The van der Waals surface area contributed by atoms with E-state index in [2.05, 4.69) is 18.8 Å². The van der Waals surface area contributed by atoms with Crippen molar-refractivity contribution in [3.63, 3.8) is 0 Å². The van der Waals surface area contributed by atoms with Crippen molar-refractivity contribution in [2.45, 2.75) is 32.7 Å². The molecule has 0 aromatic heterocycles. The molecule has 0 radical (unpaired) electrons. The number of anilines is 1. The number of hydrogen-bond acceptors (Lipinski definition) is 1. The molecule has 1 unspecified atom stereocenters. The summed E-state index contributed by atoms with van der Waals surface area (Å²) in [5.74, 6) is -0.157.